The van der Waals surface area contributed by atoms with Crippen molar-refractivity contribution < 1.29 is 4.79 Å². The predicted molar refractivity (Wildman–Crippen MR) is 133 cm³/mol. The fraction of sp³-hybridized carbons (Fsp3) is 0.222. The first-order chi connectivity index (χ1) is 16.0. The summed E-state index contributed by atoms with van der Waals surface area (Å²) in [6, 6.07) is 17.4. The molecule has 0 aliphatic carbocycles. The lowest BCUT2D eigenvalue weighted by Gasteiger charge is -2.25. The van der Waals surface area contributed by atoms with Crippen LogP contribution in [0.5, 0.6) is 0 Å². The number of rotatable bonds is 5. The normalized spacial score (nSPS) is 16.2. The van der Waals surface area contributed by atoms with E-state index in [-0.39, 0.29) is 11.3 Å². The monoisotopic (exact) mass is 455 g/mol. The van der Waals surface area contributed by atoms with Crippen LogP contribution >= 0.6 is 11.3 Å². The first-order valence-electron chi connectivity index (χ1n) is 11.2. The maximum atomic E-state index is 13.7. The number of H-pyrrole nitrogens is 1. The van der Waals surface area contributed by atoms with Crippen molar-refractivity contribution in [3.63, 3.8) is 0 Å². The quantitative estimate of drug-likeness (QED) is 0.485. The third-order valence-electron chi connectivity index (χ3n) is 6.13. The number of carbonyl (C=O) groups is 1. The summed E-state index contributed by atoms with van der Waals surface area (Å²) in [4.78, 5) is 35.6. The van der Waals surface area contributed by atoms with E-state index in [1.165, 1.54) is 11.3 Å². The number of hydrogen-bond acceptors (Lipinski definition) is 4. The molecule has 0 amide bonds. The maximum Gasteiger partial charge on any atom is 0.271 e. The number of nitrogens with zero attached hydrogens (tertiary/aromatic N) is 2. The Morgan fingerprint density at radius 2 is 1.85 bits per heavy atom. The summed E-state index contributed by atoms with van der Waals surface area (Å²) in [6.45, 7) is 5.88. The minimum Gasteiger partial charge on any atom is -0.358 e. The molecular formula is C27H25N3O2S. The molecule has 0 fully saturated rings. The number of aromatic nitrogens is 2. The Bertz CT molecular complexity index is 1590. The highest BCUT2D eigenvalue weighted by atomic mass is 32.1. The molecule has 1 atom stereocenters. The Kier molecular flexibility index (Phi) is 5.46. The van der Waals surface area contributed by atoms with Gasteiger partial charge in [-0.1, -0.05) is 66.8 Å². The lowest BCUT2D eigenvalue weighted by atomic mass is 9.91. The number of Topliss-reactive ketones (excluding diaryl/α,β-unsaturated/α-hetero) is 1. The number of nitrogens with one attached hydrogen (secondary N) is 1. The fourth-order valence-corrected chi connectivity index (χ4v) is 5.63. The summed E-state index contributed by atoms with van der Waals surface area (Å²) in [5.74, 6) is 0.0503. The summed E-state index contributed by atoms with van der Waals surface area (Å²) in [7, 11) is 0. The van der Waals surface area contributed by atoms with E-state index in [9.17, 15) is 9.59 Å². The Balaban J connectivity index is 1.76. The third kappa shape index (κ3) is 3.60. The van der Waals surface area contributed by atoms with Crippen molar-refractivity contribution in [2.24, 2.45) is 4.99 Å². The molecule has 1 unspecified atom stereocenters. The molecule has 6 heteroatoms. The van der Waals surface area contributed by atoms with E-state index < -0.39 is 6.04 Å². The Morgan fingerprint density at radius 3 is 2.61 bits per heavy atom. The summed E-state index contributed by atoms with van der Waals surface area (Å²) in [6.07, 6.45) is 3.14. The van der Waals surface area contributed by atoms with E-state index in [1.54, 1.807) is 4.57 Å². The van der Waals surface area contributed by atoms with E-state index in [2.05, 4.69) is 11.1 Å². The minimum absolute atomic E-state index is 0.0503. The van der Waals surface area contributed by atoms with Gasteiger partial charge in [-0.25, -0.2) is 4.99 Å². The second kappa shape index (κ2) is 8.45. The van der Waals surface area contributed by atoms with Crippen molar-refractivity contribution in [1.82, 2.24) is 9.55 Å². The lowest BCUT2D eigenvalue weighted by molar-refractivity contribution is -0.116. The van der Waals surface area contributed by atoms with E-state index in [1.807, 2.05) is 75.4 Å². The second-order valence-corrected chi connectivity index (χ2v) is 9.38. The first kappa shape index (κ1) is 21.3. The highest BCUT2D eigenvalue weighted by Crippen LogP contribution is 2.31. The van der Waals surface area contributed by atoms with Gasteiger partial charge in [0.15, 0.2) is 10.6 Å². The van der Waals surface area contributed by atoms with Crippen molar-refractivity contribution >= 4 is 34.1 Å². The second-order valence-electron chi connectivity index (χ2n) is 8.37. The zero-order valence-electron chi connectivity index (χ0n) is 18.9. The number of ketones is 1. The average Bonchev–Trinajstić information content (AvgIpc) is 3.29. The van der Waals surface area contributed by atoms with Crippen LogP contribution in [0.3, 0.4) is 0 Å². The van der Waals surface area contributed by atoms with Crippen molar-refractivity contribution in [2.45, 2.75) is 39.7 Å². The number of benzene rings is 2. The number of hydrogen-bond donors (Lipinski definition) is 1. The van der Waals surface area contributed by atoms with E-state index in [4.69, 9.17) is 4.99 Å². The van der Waals surface area contributed by atoms with Crippen LogP contribution in [0.4, 0.5) is 0 Å². The van der Waals surface area contributed by atoms with Gasteiger partial charge in [-0.05, 0) is 38.0 Å². The zero-order valence-corrected chi connectivity index (χ0v) is 19.7. The predicted octanol–water partition coefficient (Wildman–Crippen LogP) is 4.39. The first-order valence-corrected chi connectivity index (χ1v) is 12.0. The van der Waals surface area contributed by atoms with Crippen molar-refractivity contribution in [3.8, 4) is 0 Å². The molecule has 33 heavy (non-hydrogen) atoms. The number of aryl methyl sites for hydroxylation is 1. The van der Waals surface area contributed by atoms with Gasteiger partial charge in [-0.15, -0.1) is 0 Å². The van der Waals surface area contributed by atoms with Crippen LogP contribution in [0.15, 0.2) is 75.7 Å². The highest BCUT2D eigenvalue weighted by molar-refractivity contribution is 7.07. The Hall–Kier alpha value is -3.51. The van der Waals surface area contributed by atoms with Gasteiger partial charge in [0, 0.05) is 39.9 Å². The number of fused-ring (bicyclic) bond motifs is 2. The van der Waals surface area contributed by atoms with Gasteiger partial charge in [0.05, 0.1) is 10.6 Å². The van der Waals surface area contributed by atoms with Crippen molar-refractivity contribution in [2.75, 3.05) is 0 Å². The van der Waals surface area contributed by atoms with Crippen LogP contribution in [0.1, 0.15) is 49.6 Å². The molecule has 1 N–H and O–H groups in total. The van der Waals surface area contributed by atoms with Crippen LogP contribution in [-0.2, 0) is 4.79 Å². The molecule has 0 spiro atoms. The molecule has 166 valence electrons. The molecule has 1 aliphatic rings. The molecular weight excluding hydrogens is 430 g/mol. The highest BCUT2D eigenvalue weighted by Gasteiger charge is 2.31. The SMILES string of the molecule is CCCC(=O)C1=C(C)N=c2s/c(=C\c3c(C)[nH]c4ccccc34)c(=O)n2C1c1ccccc1. The van der Waals surface area contributed by atoms with Crippen molar-refractivity contribution in [1.29, 1.82) is 0 Å². The standard InChI is InChI=1S/C27H25N3O2S/c1-4-10-22(31)24-17(3)29-27-30(25(24)18-11-6-5-7-12-18)26(32)23(33-27)15-20-16(2)28-21-14-9-8-13-19(20)21/h5-9,11-15,25,28H,4,10H2,1-3H3/b23-15-. The fourth-order valence-electron chi connectivity index (χ4n) is 4.61. The van der Waals surface area contributed by atoms with Crippen LogP contribution < -0.4 is 14.9 Å². The average molecular weight is 456 g/mol. The van der Waals surface area contributed by atoms with Gasteiger partial charge in [-0.2, -0.15) is 0 Å². The van der Waals surface area contributed by atoms with Gasteiger partial charge in [0.2, 0.25) is 0 Å². The van der Waals surface area contributed by atoms with Crippen LogP contribution in [0.2, 0.25) is 0 Å². The molecule has 5 rings (SSSR count). The van der Waals surface area contributed by atoms with Crippen LogP contribution in [0.25, 0.3) is 17.0 Å². The molecule has 2 aromatic heterocycles. The smallest absolute Gasteiger partial charge is 0.271 e. The maximum absolute atomic E-state index is 13.7. The Morgan fingerprint density at radius 1 is 1.12 bits per heavy atom. The van der Waals surface area contributed by atoms with Gasteiger partial charge in [0.25, 0.3) is 5.56 Å². The van der Waals surface area contributed by atoms with E-state index in [0.29, 0.717) is 27.0 Å². The van der Waals surface area contributed by atoms with Gasteiger partial charge in [0.1, 0.15) is 0 Å². The van der Waals surface area contributed by atoms with Crippen LogP contribution in [0, 0.1) is 6.92 Å². The molecule has 2 aromatic carbocycles. The third-order valence-corrected chi connectivity index (χ3v) is 7.12. The number of aromatic amines is 1. The number of carbonyl (C=O) groups excluding carboxylic acids is 1. The largest absolute Gasteiger partial charge is 0.358 e. The topological polar surface area (TPSA) is 67.2 Å². The molecule has 3 heterocycles. The molecule has 5 nitrogen and oxygen atoms in total. The summed E-state index contributed by atoms with van der Waals surface area (Å²) < 4.78 is 2.31. The Labute approximate surface area is 195 Å². The molecule has 0 saturated heterocycles. The number of para-hydroxylation sites is 1. The van der Waals surface area contributed by atoms with Crippen LogP contribution in [-0.4, -0.2) is 15.3 Å². The minimum atomic E-state index is -0.465. The van der Waals surface area contributed by atoms with Gasteiger partial charge >= 0.3 is 0 Å². The molecule has 1 aliphatic heterocycles. The molecule has 0 radical (unpaired) electrons. The molecule has 0 bridgehead atoms. The van der Waals surface area contributed by atoms with Crippen molar-refractivity contribution in [3.05, 3.63) is 102 Å². The zero-order chi connectivity index (χ0) is 23.1. The van der Waals surface area contributed by atoms with E-state index >= 15 is 0 Å². The summed E-state index contributed by atoms with van der Waals surface area (Å²) >= 11 is 1.38. The molecule has 0 saturated carbocycles. The summed E-state index contributed by atoms with van der Waals surface area (Å²) in [5.41, 5.74) is 5.17. The number of allylic oxidation sites excluding steroid dienone is 2. The molecule has 4 aromatic rings. The van der Waals surface area contributed by atoms with E-state index in [0.717, 1.165) is 34.1 Å². The number of thiazole rings is 1. The summed E-state index contributed by atoms with van der Waals surface area (Å²) in [5, 5.41) is 1.08. The van der Waals surface area contributed by atoms with Gasteiger partial charge in [-0.3, -0.25) is 14.2 Å². The lowest BCUT2D eigenvalue weighted by Crippen LogP contribution is -2.39. The van der Waals surface area contributed by atoms with Gasteiger partial charge < -0.3 is 4.98 Å².